The molecule has 1 aromatic heterocycles. The third kappa shape index (κ3) is 4.50. The Bertz CT molecular complexity index is 820. The second-order valence-electron chi connectivity index (χ2n) is 7.02. The zero-order valence-corrected chi connectivity index (χ0v) is 15.0. The van der Waals surface area contributed by atoms with E-state index in [0.29, 0.717) is 12.3 Å². The molecule has 0 aliphatic carbocycles. The van der Waals surface area contributed by atoms with Gasteiger partial charge in [0.1, 0.15) is 0 Å². The minimum atomic E-state index is 0.0802. The van der Waals surface area contributed by atoms with Crippen LogP contribution < -0.4 is 5.32 Å². The van der Waals surface area contributed by atoms with Crippen LogP contribution in [0.1, 0.15) is 43.9 Å². The normalized spacial score (nSPS) is 12.4. The minimum Gasteiger partial charge on any atom is -0.361 e. The number of nitrogens with one attached hydrogen (secondary N) is 2. The van der Waals surface area contributed by atoms with Crippen LogP contribution in [0.2, 0.25) is 0 Å². The molecule has 0 unspecified atom stereocenters. The van der Waals surface area contributed by atoms with Crippen molar-refractivity contribution >= 4 is 16.8 Å². The van der Waals surface area contributed by atoms with E-state index in [9.17, 15) is 4.79 Å². The quantitative estimate of drug-likeness (QED) is 0.627. The van der Waals surface area contributed by atoms with Gasteiger partial charge in [-0.05, 0) is 36.0 Å². The van der Waals surface area contributed by atoms with Gasteiger partial charge in [0.05, 0.1) is 6.04 Å². The first kappa shape index (κ1) is 17.3. The Hall–Kier alpha value is -2.55. The molecule has 3 aromatic rings. The summed E-state index contributed by atoms with van der Waals surface area (Å²) >= 11 is 0. The van der Waals surface area contributed by atoms with E-state index >= 15 is 0 Å². The molecule has 2 N–H and O–H groups in total. The average molecular weight is 334 g/mol. The molecular formula is C22H26N2O. The molecule has 0 saturated carbocycles. The Morgan fingerprint density at radius 1 is 1.04 bits per heavy atom. The van der Waals surface area contributed by atoms with Crippen LogP contribution in [0.15, 0.2) is 60.8 Å². The predicted molar refractivity (Wildman–Crippen MR) is 103 cm³/mol. The van der Waals surface area contributed by atoms with Crippen LogP contribution in [-0.4, -0.2) is 10.9 Å². The maximum Gasteiger partial charge on any atom is 0.220 e. The SMILES string of the molecule is CC(C)C[C@@H](NC(=O)CCc1c[nH]c2ccccc12)c1ccccc1. The van der Waals surface area contributed by atoms with Gasteiger partial charge in [0.2, 0.25) is 5.91 Å². The number of H-pyrrole nitrogens is 1. The second-order valence-corrected chi connectivity index (χ2v) is 7.02. The summed E-state index contributed by atoms with van der Waals surface area (Å²) in [5, 5.41) is 4.43. The number of carbonyl (C=O) groups excluding carboxylic acids is 1. The number of benzene rings is 2. The fourth-order valence-corrected chi connectivity index (χ4v) is 3.29. The van der Waals surface area contributed by atoms with Crippen LogP contribution >= 0.6 is 0 Å². The smallest absolute Gasteiger partial charge is 0.220 e. The lowest BCUT2D eigenvalue weighted by Crippen LogP contribution is -2.29. The number of rotatable bonds is 7. The first-order chi connectivity index (χ1) is 12.1. The molecule has 1 atom stereocenters. The van der Waals surface area contributed by atoms with Crippen LogP contribution in [-0.2, 0) is 11.2 Å². The van der Waals surface area contributed by atoms with Gasteiger partial charge in [-0.2, -0.15) is 0 Å². The lowest BCUT2D eigenvalue weighted by Gasteiger charge is -2.21. The molecule has 0 bridgehead atoms. The van der Waals surface area contributed by atoms with E-state index in [-0.39, 0.29) is 11.9 Å². The lowest BCUT2D eigenvalue weighted by molar-refractivity contribution is -0.121. The highest BCUT2D eigenvalue weighted by molar-refractivity contribution is 5.84. The standard InChI is InChI=1S/C22H26N2O/c1-16(2)14-21(17-8-4-3-5-9-17)24-22(25)13-12-18-15-23-20-11-7-6-10-19(18)20/h3-11,15-16,21,23H,12-14H2,1-2H3,(H,24,25)/t21-/m1/s1. The van der Waals surface area contributed by atoms with Crippen molar-refractivity contribution in [2.75, 3.05) is 0 Å². The second kappa shape index (κ2) is 8.02. The minimum absolute atomic E-state index is 0.0802. The molecule has 130 valence electrons. The molecule has 0 aliphatic heterocycles. The first-order valence-corrected chi connectivity index (χ1v) is 9.03. The Labute approximate surface area is 149 Å². The monoisotopic (exact) mass is 334 g/mol. The number of aryl methyl sites for hydroxylation is 1. The highest BCUT2D eigenvalue weighted by Gasteiger charge is 2.16. The van der Waals surface area contributed by atoms with Crippen molar-refractivity contribution in [1.29, 1.82) is 0 Å². The zero-order valence-electron chi connectivity index (χ0n) is 15.0. The van der Waals surface area contributed by atoms with Crippen LogP contribution in [0, 0.1) is 5.92 Å². The van der Waals surface area contributed by atoms with Gasteiger partial charge in [0, 0.05) is 23.5 Å². The number of aromatic amines is 1. The summed E-state index contributed by atoms with van der Waals surface area (Å²) in [6.07, 6.45) is 4.21. The number of fused-ring (bicyclic) bond motifs is 1. The van der Waals surface area contributed by atoms with Crippen molar-refractivity contribution in [1.82, 2.24) is 10.3 Å². The summed E-state index contributed by atoms with van der Waals surface area (Å²) in [6.45, 7) is 4.38. The summed E-state index contributed by atoms with van der Waals surface area (Å²) in [6, 6.07) is 18.5. The lowest BCUT2D eigenvalue weighted by atomic mass is 9.96. The number of amides is 1. The van der Waals surface area contributed by atoms with E-state index in [2.05, 4.69) is 48.4 Å². The molecular weight excluding hydrogens is 308 g/mol. The molecule has 0 fully saturated rings. The van der Waals surface area contributed by atoms with Crippen molar-refractivity contribution in [3.05, 3.63) is 71.9 Å². The summed E-state index contributed by atoms with van der Waals surface area (Å²) in [5.41, 5.74) is 3.50. The number of hydrogen-bond donors (Lipinski definition) is 2. The topological polar surface area (TPSA) is 44.9 Å². The Kier molecular flexibility index (Phi) is 5.54. The maximum atomic E-state index is 12.5. The van der Waals surface area contributed by atoms with Gasteiger partial charge >= 0.3 is 0 Å². The fourth-order valence-electron chi connectivity index (χ4n) is 3.29. The van der Waals surface area contributed by atoms with Crippen molar-refractivity contribution in [2.45, 2.75) is 39.2 Å². The highest BCUT2D eigenvalue weighted by Crippen LogP contribution is 2.22. The molecule has 1 heterocycles. The summed E-state index contributed by atoms with van der Waals surface area (Å²) in [4.78, 5) is 15.8. The maximum absolute atomic E-state index is 12.5. The van der Waals surface area contributed by atoms with E-state index in [1.165, 1.54) is 16.5 Å². The highest BCUT2D eigenvalue weighted by atomic mass is 16.1. The first-order valence-electron chi connectivity index (χ1n) is 9.03. The molecule has 3 rings (SSSR count). The molecule has 0 spiro atoms. The van der Waals surface area contributed by atoms with E-state index in [1.807, 2.05) is 36.5 Å². The van der Waals surface area contributed by atoms with Gasteiger partial charge in [0.15, 0.2) is 0 Å². The van der Waals surface area contributed by atoms with Crippen LogP contribution in [0.4, 0.5) is 0 Å². The van der Waals surface area contributed by atoms with Crippen LogP contribution in [0.5, 0.6) is 0 Å². The molecule has 1 amide bonds. The van der Waals surface area contributed by atoms with Crippen LogP contribution in [0.25, 0.3) is 10.9 Å². The predicted octanol–water partition coefficient (Wildman–Crippen LogP) is 5.00. The molecule has 2 aromatic carbocycles. The van der Waals surface area contributed by atoms with Gasteiger partial charge in [0.25, 0.3) is 0 Å². The van der Waals surface area contributed by atoms with E-state index in [1.54, 1.807) is 0 Å². The largest absolute Gasteiger partial charge is 0.361 e. The molecule has 3 nitrogen and oxygen atoms in total. The molecule has 0 aliphatic rings. The van der Waals surface area contributed by atoms with E-state index < -0.39 is 0 Å². The average Bonchev–Trinajstić information content (AvgIpc) is 3.03. The Balaban J connectivity index is 1.63. The van der Waals surface area contributed by atoms with E-state index in [0.717, 1.165) is 18.4 Å². The third-order valence-electron chi connectivity index (χ3n) is 4.54. The van der Waals surface area contributed by atoms with Crippen molar-refractivity contribution < 1.29 is 4.79 Å². The van der Waals surface area contributed by atoms with Gasteiger partial charge in [-0.1, -0.05) is 62.4 Å². The number of carbonyl (C=O) groups is 1. The van der Waals surface area contributed by atoms with E-state index in [4.69, 9.17) is 0 Å². The van der Waals surface area contributed by atoms with Crippen molar-refractivity contribution in [2.24, 2.45) is 5.92 Å². The zero-order chi connectivity index (χ0) is 17.6. The van der Waals surface area contributed by atoms with Crippen LogP contribution in [0.3, 0.4) is 0 Å². The van der Waals surface area contributed by atoms with Gasteiger partial charge in [-0.25, -0.2) is 0 Å². The molecule has 0 saturated heterocycles. The summed E-state index contributed by atoms with van der Waals surface area (Å²) in [5.74, 6) is 0.638. The fraction of sp³-hybridized carbons (Fsp3) is 0.318. The van der Waals surface area contributed by atoms with Gasteiger partial charge in [-0.15, -0.1) is 0 Å². The van der Waals surface area contributed by atoms with Gasteiger partial charge < -0.3 is 10.3 Å². The Morgan fingerprint density at radius 3 is 2.52 bits per heavy atom. The number of aromatic nitrogens is 1. The molecule has 25 heavy (non-hydrogen) atoms. The molecule has 3 heteroatoms. The third-order valence-corrected chi connectivity index (χ3v) is 4.54. The number of hydrogen-bond acceptors (Lipinski definition) is 1. The summed E-state index contributed by atoms with van der Waals surface area (Å²) < 4.78 is 0. The summed E-state index contributed by atoms with van der Waals surface area (Å²) in [7, 11) is 0. The van der Waals surface area contributed by atoms with Gasteiger partial charge in [-0.3, -0.25) is 4.79 Å². The number of para-hydroxylation sites is 1. The van der Waals surface area contributed by atoms with Crippen molar-refractivity contribution in [3.63, 3.8) is 0 Å². The Morgan fingerprint density at radius 2 is 1.76 bits per heavy atom. The van der Waals surface area contributed by atoms with Crippen molar-refractivity contribution in [3.8, 4) is 0 Å². The molecule has 0 radical (unpaired) electrons.